The number of hydrogen-bond donors (Lipinski definition) is 0. The highest BCUT2D eigenvalue weighted by molar-refractivity contribution is 5.66. The second-order valence-electron chi connectivity index (χ2n) is 3.50. The molecule has 0 aromatic rings. The van der Waals surface area contributed by atoms with Crippen molar-refractivity contribution in [2.24, 2.45) is 0 Å². The molecule has 0 aliphatic heterocycles. The van der Waals surface area contributed by atoms with Crippen molar-refractivity contribution in [3.8, 4) is 0 Å². The van der Waals surface area contributed by atoms with Crippen LogP contribution in [0.5, 0.6) is 0 Å². The normalized spacial score (nSPS) is 17.4. The smallest absolute Gasteiger partial charge is 0.411 e. The third kappa shape index (κ3) is 3.63. The summed E-state index contributed by atoms with van der Waals surface area (Å²) in [6, 6.07) is 0. The quantitative estimate of drug-likeness (QED) is 0.630. The van der Waals surface area contributed by atoms with Crippen LogP contribution in [0.4, 0.5) is 4.79 Å². The first-order valence-electron chi connectivity index (χ1n) is 4.66. The van der Waals surface area contributed by atoms with Crippen LogP contribution in [0.25, 0.3) is 0 Å². The highest BCUT2D eigenvalue weighted by Crippen LogP contribution is 2.20. The van der Waals surface area contributed by atoms with E-state index in [1.807, 2.05) is 0 Å². The molecule has 0 heterocycles. The van der Waals surface area contributed by atoms with Gasteiger partial charge in [0.1, 0.15) is 0 Å². The van der Waals surface area contributed by atoms with Gasteiger partial charge in [0.05, 0.1) is 6.10 Å². The summed E-state index contributed by atoms with van der Waals surface area (Å²) >= 11 is 0. The molecular formula is C9H17NO3. The molecule has 0 atom stereocenters. The molecule has 0 radical (unpaired) electrons. The summed E-state index contributed by atoms with van der Waals surface area (Å²) in [5.74, 6) is 0. The van der Waals surface area contributed by atoms with Crippen molar-refractivity contribution in [1.29, 1.82) is 0 Å². The molecule has 1 saturated carbocycles. The standard InChI is InChI=1S/C9H17NO3/c1-10(2)9(11)13-7-12-8-5-3-4-6-8/h8H,3-7H2,1-2H3. The van der Waals surface area contributed by atoms with Crippen molar-refractivity contribution in [3.63, 3.8) is 0 Å². The van der Waals surface area contributed by atoms with Gasteiger partial charge in [-0.15, -0.1) is 0 Å². The molecule has 0 spiro atoms. The zero-order valence-corrected chi connectivity index (χ0v) is 8.28. The summed E-state index contributed by atoms with van der Waals surface area (Å²) in [7, 11) is 3.30. The average molecular weight is 187 g/mol. The summed E-state index contributed by atoms with van der Waals surface area (Å²) in [6.07, 6.45) is 4.60. The molecule has 0 aromatic carbocycles. The van der Waals surface area contributed by atoms with Gasteiger partial charge in [-0.3, -0.25) is 0 Å². The Hall–Kier alpha value is -0.770. The van der Waals surface area contributed by atoms with Crippen LogP contribution in [0.3, 0.4) is 0 Å². The fourth-order valence-corrected chi connectivity index (χ4v) is 1.36. The van der Waals surface area contributed by atoms with Gasteiger partial charge in [0.15, 0.2) is 6.79 Å². The Bertz CT molecular complexity index is 164. The predicted molar refractivity (Wildman–Crippen MR) is 48.4 cm³/mol. The van der Waals surface area contributed by atoms with E-state index in [2.05, 4.69) is 0 Å². The van der Waals surface area contributed by atoms with Gasteiger partial charge in [-0.2, -0.15) is 0 Å². The van der Waals surface area contributed by atoms with E-state index in [1.165, 1.54) is 17.7 Å². The lowest BCUT2D eigenvalue weighted by Crippen LogP contribution is -2.24. The molecule has 0 aromatic heterocycles. The van der Waals surface area contributed by atoms with Crippen molar-refractivity contribution >= 4 is 6.09 Å². The number of hydrogen-bond acceptors (Lipinski definition) is 3. The van der Waals surface area contributed by atoms with Crippen molar-refractivity contribution < 1.29 is 14.3 Å². The maximum absolute atomic E-state index is 10.9. The summed E-state index contributed by atoms with van der Waals surface area (Å²) in [5.41, 5.74) is 0. The molecule has 4 nitrogen and oxygen atoms in total. The molecular weight excluding hydrogens is 170 g/mol. The predicted octanol–water partition coefficient (Wildman–Crippen LogP) is 1.60. The molecule has 0 saturated heterocycles. The Morgan fingerprint density at radius 2 is 2.00 bits per heavy atom. The van der Waals surface area contributed by atoms with Crippen LogP contribution in [0.15, 0.2) is 0 Å². The second-order valence-corrected chi connectivity index (χ2v) is 3.50. The van der Waals surface area contributed by atoms with E-state index in [4.69, 9.17) is 9.47 Å². The zero-order chi connectivity index (χ0) is 9.68. The van der Waals surface area contributed by atoms with Crippen LogP contribution in [0.1, 0.15) is 25.7 Å². The van der Waals surface area contributed by atoms with E-state index in [-0.39, 0.29) is 12.9 Å². The first-order valence-corrected chi connectivity index (χ1v) is 4.66. The molecule has 0 N–H and O–H groups in total. The molecule has 0 bridgehead atoms. The summed E-state index contributed by atoms with van der Waals surface area (Å²) in [6.45, 7) is 0.0850. The number of nitrogens with zero attached hydrogens (tertiary/aromatic N) is 1. The molecule has 0 unspecified atom stereocenters. The number of rotatable bonds is 3. The molecule has 1 rings (SSSR count). The molecule has 1 fully saturated rings. The van der Waals surface area contributed by atoms with Crippen LogP contribution in [0, 0.1) is 0 Å². The molecule has 1 aliphatic rings. The maximum Gasteiger partial charge on any atom is 0.411 e. The monoisotopic (exact) mass is 187 g/mol. The molecule has 4 heteroatoms. The van der Waals surface area contributed by atoms with E-state index >= 15 is 0 Å². The minimum atomic E-state index is -0.349. The van der Waals surface area contributed by atoms with E-state index in [0.717, 1.165) is 12.8 Å². The Morgan fingerprint density at radius 3 is 2.54 bits per heavy atom. The van der Waals surface area contributed by atoms with Crippen molar-refractivity contribution in [2.45, 2.75) is 31.8 Å². The van der Waals surface area contributed by atoms with Gasteiger partial charge in [-0.1, -0.05) is 12.8 Å². The zero-order valence-electron chi connectivity index (χ0n) is 8.28. The van der Waals surface area contributed by atoms with E-state index in [9.17, 15) is 4.79 Å². The molecule has 1 amide bonds. The molecule has 1 aliphatic carbocycles. The van der Waals surface area contributed by atoms with Crippen LogP contribution >= 0.6 is 0 Å². The number of amides is 1. The first kappa shape index (κ1) is 10.3. The van der Waals surface area contributed by atoms with Gasteiger partial charge >= 0.3 is 6.09 Å². The highest BCUT2D eigenvalue weighted by atomic mass is 16.7. The van der Waals surface area contributed by atoms with Crippen molar-refractivity contribution in [1.82, 2.24) is 4.90 Å². The van der Waals surface area contributed by atoms with Gasteiger partial charge in [-0.25, -0.2) is 4.79 Å². The molecule has 76 valence electrons. The summed E-state index contributed by atoms with van der Waals surface area (Å²) in [5, 5.41) is 0. The van der Waals surface area contributed by atoms with Crippen molar-refractivity contribution in [2.75, 3.05) is 20.9 Å². The Morgan fingerprint density at radius 1 is 1.38 bits per heavy atom. The second kappa shape index (κ2) is 5.07. The number of ether oxygens (including phenoxy) is 2. The first-order chi connectivity index (χ1) is 6.20. The van der Waals surface area contributed by atoms with Gasteiger partial charge < -0.3 is 14.4 Å². The fourth-order valence-electron chi connectivity index (χ4n) is 1.36. The van der Waals surface area contributed by atoms with Gasteiger partial charge in [0.2, 0.25) is 0 Å². The minimum Gasteiger partial charge on any atom is -0.422 e. The third-order valence-corrected chi connectivity index (χ3v) is 2.15. The maximum atomic E-state index is 10.9. The van der Waals surface area contributed by atoms with Gasteiger partial charge in [0.25, 0.3) is 0 Å². The topological polar surface area (TPSA) is 38.8 Å². The Balaban J connectivity index is 2.03. The van der Waals surface area contributed by atoms with Gasteiger partial charge in [0, 0.05) is 14.1 Å². The summed E-state index contributed by atoms with van der Waals surface area (Å²) < 4.78 is 10.2. The number of carbonyl (C=O) groups excluding carboxylic acids is 1. The van der Waals surface area contributed by atoms with E-state index in [0.29, 0.717) is 6.10 Å². The number of carbonyl (C=O) groups is 1. The van der Waals surface area contributed by atoms with Crippen LogP contribution in [0.2, 0.25) is 0 Å². The van der Waals surface area contributed by atoms with Crippen LogP contribution in [-0.2, 0) is 9.47 Å². The lowest BCUT2D eigenvalue weighted by atomic mass is 10.3. The average Bonchev–Trinajstić information content (AvgIpc) is 2.56. The van der Waals surface area contributed by atoms with E-state index < -0.39 is 0 Å². The Labute approximate surface area is 78.8 Å². The van der Waals surface area contributed by atoms with Crippen LogP contribution in [-0.4, -0.2) is 38.0 Å². The minimum absolute atomic E-state index is 0.0850. The lowest BCUT2D eigenvalue weighted by Gasteiger charge is -2.13. The van der Waals surface area contributed by atoms with Crippen molar-refractivity contribution in [3.05, 3.63) is 0 Å². The highest BCUT2D eigenvalue weighted by Gasteiger charge is 2.15. The third-order valence-electron chi connectivity index (χ3n) is 2.15. The molecule has 13 heavy (non-hydrogen) atoms. The Kier molecular flexibility index (Phi) is 4.02. The van der Waals surface area contributed by atoms with E-state index in [1.54, 1.807) is 14.1 Å². The van der Waals surface area contributed by atoms with Gasteiger partial charge in [-0.05, 0) is 12.8 Å². The lowest BCUT2D eigenvalue weighted by molar-refractivity contribution is -0.0598. The summed E-state index contributed by atoms with van der Waals surface area (Å²) in [4.78, 5) is 12.3. The SMILES string of the molecule is CN(C)C(=O)OCOC1CCCC1. The largest absolute Gasteiger partial charge is 0.422 e. The fraction of sp³-hybridized carbons (Fsp3) is 0.889. The van der Waals surface area contributed by atoms with Crippen LogP contribution < -0.4 is 0 Å².